The molecule has 1 N–H and O–H groups in total. The summed E-state index contributed by atoms with van der Waals surface area (Å²) < 4.78 is 0. The maximum absolute atomic E-state index is 12.4. The average molecular weight is 281 g/mol. The summed E-state index contributed by atoms with van der Waals surface area (Å²) in [5.41, 5.74) is 0.0811. The van der Waals surface area contributed by atoms with Gasteiger partial charge in [0, 0.05) is 22.8 Å². The van der Waals surface area contributed by atoms with Crippen molar-refractivity contribution < 1.29 is 14.7 Å². The molecule has 1 aliphatic heterocycles. The highest BCUT2D eigenvalue weighted by Gasteiger charge is 2.38. The van der Waals surface area contributed by atoms with Crippen LogP contribution in [0.15, 0.2) is 6.07 Å². The molecule has 1 amide bonds. The molecule has 0 atom stereocenters. The number of carboxylic acid groups (broad SMARTS) is 1. The van der Waals surface area contributed by atoms with Gasteiger partial charge in [-0.05, 0) is 39.7 Å². The normalized spacial score (nSPS) is 18.4. The SMILES string of the molecule is Cc1cc(C(=O)N2CCC(C)(C(=O)O)CC2)c(C)s1. The average Bonchev–Trinajstić information content (AvgIpc) is 2.68. The summed E-state index contributed by atoms with van der Waals surface area (Å²) >= 11 is 1.62. The smallest absolute Gasteiger partial charge is 0.309 e. The summed E-state index contributed by atoms with van der Waals surface area (Å²) in [6.45, 7) is 6.76. The third kappa shape index (κ3) is 2.66. The second kappa shape index (κ2) is 4.96. The summed E-state index contributed by atoms with van der Waals surface area (Å²) in [5.74, 6) is -0.726. The van der Waals surface area contributed by atoms with Crippen molar-refractivity contribution in [3.8, 4) is 0 Å². The van der Waals surface area contributed by atoms with Gasteiger partial charge in [-0.1, -0.05) is 0 Å². The molecule has 1 aromatic heterocycles. The van der Waals surface area contributed by atoms with Crippen molar-refractivity contribution in [2.24, 2.45) is 5.41 Å². The molecule has 5 heteroatoms. The van der Waals surface area contributed by atoms with Crippen LogP contribution in [-0.4, -0.2) is 35.0 Å². The zero-order valence-corrected chi connectivity index (χ0v) is 12.3. The molecule has 104 valence electrons. The number of hydrogen-bond acceptors (Lipinski definition) is 3. The lowest BCUT2D eigenvalue weighted by Crippen LogP contribution is -2.45. The van der Waals surface area contributed by atoms with Crippen LogP contribution in [-0.2, 0) is 4.79 Å². The highest BCUT2D eigenvalue weighted by atomic mass is 32.1. The van der Waals surface area contributed by atoms with Crippen LogP contribution in [0.25, 0.3) is 0 Å². The third-order valence-corrected chi connectivity index (χ3v) is 4.91. The minimum atomic E-state index is -0.762. The molecule has 0 saturated carbocycles. The fourth-order valence-corrected chi connectivity index (χ4v) is 3.35. The summed E-state index contributed by atoms with van der Waals surface area (Å²) in [6.07, 6.45) is 1.05. The summed E-state index contributed by atoms with van der Waals surface area (Å²) in [5, 5.41) is 9.19. The van der Waals surface area contributed by atoms with Crippen molar-refractivity contribution in [3.63, 3.8) is 0 Å². The second-order valence-corrected chi connectivity index (χ2v) is 6.95. The van der Waals surface area contributed by atoms with Gasteiger partial charge in [-0.2, -0.15) is 0 Å². The molecular formula is C14H19NO3S. The van der Waals surface area contributed by atoms with E-state index < -0.39 is 11.4 Å². The van der Waals surface area contributed by atoms with E-state index in [1.54, 1.807) is 23.2 Å². The van der Waals surface area contributed by atoms with Gasteiger partial charge >= 0.3 is 5.97 Å². The minimum Gasteiger partial charge on any atom is -0.481 e. The van der Waals surface area contributed by atoms with E-state index in [9.17, 15) is 14.7 Å². The molecule has 1 fully saturated rings. The van der Waals surface area contributed by atoms with Gasteiger partial charge in [0.1, 0.15) is 0 Å². The van der Waals surface area contributed by atoms with Crippen molar-refractivity contribution in [2.45, 2.75) is 33.6 Å². The molecule has 0 bridgehead atoms. The third-order valence-electron chi connectivity index (χ3n) is 3.94. The number of thiophene rings is 1. The number of carbonyl (C=O) groups excluding carboxylic acids is 1. The fraction of sp³-hybridized carbons (Fsp3) is 0.571. The highest BCUT2D eigenvalue weighted by Crippen LogP contribution is 2.32. The van der Waals surface area contributed by atoms with Gasteiger partial charge in [-0.3, -0.25) is 9.59 Å². The van der Waals surface area contributed by atoms with Crippen molar-refractivity contribution in [1.29, 1.82) is 0 Å². The number of carbonyl (C=O) groups is 2. The van der Waals surface area contributed by atoms with Crippen LogP contribution in [0.5, 0.6) is 0 Å². The Balaban J connectivity index is 2.08. The quantitative estimate of drug-likeness (QED) is 0.906. The Kier molecular flexibility index (Phi) is 3.67. The lowest BCUT2D eigenvalue weighted by molar-refractivity contribution is -0.150. The van der Waals surface area contributed by atoms with E-state index >= 15 is 0 Å². The molecule has 0 aliphatic carbocycles. The minimum absolute atomic E-state index is 0.0364. The second-order valence-electron chi connectivity index (χ2n) is 5.48. The van der Waals surface area contributed by atoms with E-state index in [2.05, 4.69) is 0 Å². The summed E-state index contributed by atoms with van der Waals surface area (Å²) in [7, 11) is 0. The number of aryl methyl sites for hydroxylation is 2. The maximum atomic E-state index is 12.4. The van der Waals surface area contributed by atoms with Gasteiger partial charge in [0.05, 0.1) is 11.0 Å². The molecule has 1 saturated heterocycles. The Bertz CT molecular complexity index is 513. The van der Waals surface area contributed by atoms with Crippen molar-refractivity contribution in [2.75, 3.05) is 13.1 Å². The molecule has 1 aliphatic rings. The Labute approximate surface area is 117 Å². The Hall–Kier alpha value is -1.36. The molecule has 0 radical (unpaired) electrons. The van der Waals surface area contributed by atoms with E-state index in [1.807, 2.05) is 19.9 Å². The summed E-state index contributed by atoms with van der Waals surface area (Å²) in [4.78, 5) is 27.5. The first kappa shape index (κ1) is 14.1. The zero-order valence-electron chi connectivity index (χ0n) is 11.5. The van der Waals surface area contributed by atoms with Crippen LogP contribution in [0.1, 0.15) is 39.9 Å². The topological polar surface area (TPSA) is 57.6 Å². The van der Waals surface area contributed by atoms with E-state index in [0.717, 1.165) is 15.3 Å². The van der Waals surface area contributed by atoms with Gasteiger partial charge in [0.25, 0.3) is 5.91 Å². The Morgan fingerprint density at radius 3 is 2.32 bits per heavy atom. The molecular weight excluding hydrogens is 262 g/mol. The number of rotatable bonds is 2. The number of piperidine rings is 1. The first-order valence-electron chi connectivity index (χ1n) is 6.43. The van der Waals surface area contributed by atoms with Crippen molar-refractivity contribution in [3.05, 3.63) is 21.4 Å². The van der Waals surface area contributed by atoms with Crippen LogP contribution in [0, 0.1) is 19.3 Å². The van der Waals surface area contributed by atoms with Gasteiger partial charge in [0.15, 0.2) is 0 Å². The van der Waals surface area contributed by atoms with E-state index in [0.29, 0.717) is 25.9 Å². The molecule has 0 aromatic carbocycles. The molecule has 4 nitrogen and oxygen atoms in total. The number of amides is 1. The van der Waals surface area contributed by atoms with Crippen LogP contribution in [0.2, 0.25) is 0 Å². The van der Waals surface area contributed by atoms with Gasteiger partial charge in [0.2, 0.25) is 0 Å². The lowest BCUT2D eigenvalue weighted by atomic mass is 9.80. The maximum Gasteiger partial charge on any atom is 0.309 e. The predicted molar refractivity (Wildman–Crippen MR) is 74.7 cm³/mol. The number of carboxylic acids is 1. The number of nitrogens with zero attached hydrogens (tertiary/aromatic N) is 1. The number of aliphatic carboxylic acids is 1. The standard InChI is InChI=1S/C14H19NO3S/c1-9-8-11(10(2)19-9)12(16)15-6-4-14(3,5-7-15)13(17)18/h8H,4-7H2,1-3H3,(H,17,18). The first-order valence-corrected chi connectivity index (χ1v) is 7.25. The number of hydrogen-bond donors (Lipinski definition) is 1. The largest absolute Gasteiger partial charge is 0.481 e. The molecule has 0 spiro atoms. The van der Waals surface area contributed by atoms with E-state index in [4.69, 9.17) is 0 Å². The summed E-state index contributed by atoms with van der Waals surface area (Å²) in [6, 6.07) is 1.92. The van der Waals surface area contributed by atoms with Gasteiger partial charge in [-0.25, -0.2) is 0 Å². The van der Waals surface area contributed by atoms with Crippen LogP contribution < -0.4 is 0 Å². The van der Waals surface area contributed by atoms with Gasteiger partial charge < -0.3 is 10.0 Å². The van der Waals surface area contributed by atoms with E-state index in [1.165, 1.54) is 0 Å². The predicted octanol–water partition coefficient (Wildman–Crippen LogP) is 2.69. The van der Waals surface area contributed by atoms with Gasteiger partial charge in [-0.15, -0.1) is 11.3 Å². The Morgan fingerprint density at radius 2 is 1.89 bits per heavy atom. The van der Waals surface area contributed by atoms with E-state index in [-0.39, 0.29) is 5.91 Å². The number of likely N-dealkylation sites (tertiary alicyclic amines) is 1. The highest BCUT2D eigenvalue weighted by molar-refractivity contribution is 7.12. The first-order chi connectivity index (χ1) is 8.83. The van der Waals surface area contributed by atoms with Crippen LogP contribution in [0.3, 0.4) is 0 Å². The zero-order chi connectivity index (χ0) is 14.2. The van der Waals surface area contributed by atoms with Crippen LogP contribution in [0.4, 0.5) is 0 Å². The molecule has 2 rings (SSSR count). The molecule has 1 aromatic rings. The Morgan fingerprint density at radius 1 is 1.32 bits per heavy atom. The molecule has 2 heterocycles. The van der Waals surface area contributed by atoms with Crippen molar-refractivity contribution >= 4 is 23.2 Å². The van der Waals surface area contributed by atoms with Crippen molar-refractivity contribution in [1.82, 2.24) is 4.90 Å². The monoisotopic (exact) mass is 281 g/mol. The molecule has 0 unspecified atom stereocenters. The lowest BCUT2D eigenvalue weighted by Gasteiger charge is -2.36. The molecule has 19 heavy (non-hydrogen) atoms. The fourth-order valence-electron chi connectivity index (χ4n) is 2.43. The van der Waals surface area contributed by atoms with Crippen LogP contribution >= 0.6 is 11.3 Å².